The predicted octanol–water partition coefficient (Wildman–Crippen LogP) is 5.94. The number of para-hydroxylation sites is 1. The zero-order valence-corrected chi connectivity index (χ0v) is 18.5. The van der Waals surface area contributed by atoms with Crippen molar-refractivity contribution in [1.29, 1.82) is 0 Å². The van der Waals surface area contributed by atoms with Gasteiger partial charge >= 0.3 is 0 Å². The standard InChI is InChI=1S/C25H22N4S2/c1-2-9-19-17(7-1)15-22-23(19)29-25(31-22)27-18-8-5-6-16(14-18)12-13-26-24-28-20-10-3-4-11-21(20)30-24/h1-11,14,22-23H,12-13,15H2,(H,26,28)(H,27,29)/t22?,23-/m0/s1. The van der Waals surface area contributed by atoms with Crippen molar-refractivity contribution in [2.75, 3.05) is 11.9 Å². The number of fused-ring (bicyclic) bond motifs is 4. The van der Waals surface area contributed by atoms with Crippen LogP contribution >= 0.6 is 23.1 Å². The van der Waals surface area contributed by atoms with E-state index in [1.165, 1.54) is 21.4 Å². The first-order valence-corrected chi connectivity index (χ1v) is 12.3. The summed E-state index contributed by atoms with van der Waals surface area (Å²) < 4.78 is 1.22. The van der Waals surface area contributed by atoms with E-state index in [-0.39, 0.29) is 0 Å². The zero-order chi connectivity index (χ0) is 20.6. The maximum Gasteiger partial charge on any atom is 0.183 e. The van der Waals surface area contributed by atoms with Gasteiger partial charge in [-0.05, 0) is 53.8 Å². The van der Waals surface area contributed by atoms with Gasteiger partial charge in [-0.15, -0.1) is 0 Å². The molecule has 154 valence electrons. The number of rotatable bonds is 5. The molecule has 1 fully saturated rings. The van der Waals surface area contributed by atoms with Gasteiger partial charge in [0.25, 0.3) is 0 Å². The molecule has 4 nitrogen and oxygen atoms in total. The number of aromatic nitrogens is 1. The first kappa shape index (κ1) is 18.9. The highest BCUT2D eigenvalue weighted by molar-refractivity contribution is 8.14. The smallest absolute Gasteiger partial charge is 0.183 e. The Labute approximate surface area is 189 Å². The summed E-state index contributed by atoms with van der Waals surface area (Å²) in [5, 5.41) is 9.69. The molecule has 0 spiro atoms. The molecule has 0 saturated carbocycles. The highest BCUT2D eigenvalue weighted by Crippen LogP contribution is 2.43. The van der Waals surface area contributed by atoms with Gasteiger partial charge in [-0.1, -0.05) is 71.6 Å². The van der Waals surface area contributed by atoms with Crippen LogP contribution in [0.25, 0.3) is 10.2 Å². The van der Waals surface area contributed by atoms with Crippen molar-refractivity contribution in [1.82, 2.24) is 10.3 Å². The quantitative estimate of drug-likeness (QED) is 0.402. The van der Waals surface area contributed by atoms with E-state index in [1.54, 1.807) is 11.3 Å². The van der Waals surface area contributed by atoms with Crippen LogP contribution in [0, 0.1) is 0 Å². The number of hydrogen-bond acceptors (Lipinski definition) is 5. The van der Waals surface area contributed by atoms with Crippen LogP contribution in [0.1, 0.15) is 22.7 Å². The van der Waals surface area contributed by atoms with E-state index in [0.29, 0.717) is 11.3 Å². The molecule has 31 heavy (non-hydrogen) atoms. The average Bonchev–Trinajstić information content (AvgIpc) is 3.46. The maximum absolute atomic E-state index is 4.91. The van der Waals surface area contributed by atoms with Gasteiger partial charge in [0.1, 0.15) is 0 Å². The summed E-state index contributed by atoms with van der Waals surface area (Å²) in [5.41, 5.74) is 6.26. The number of anilines is 1. The number of benzene rings is 3. The molecule has 6 heteroatoms. The predicted molar refractivity (Wildman–Crippen MR) is 133 cm³/mol. The number of nitrogens with zero attached hydrogens (tertiary/aromatic N) is 2. The fourth-order valence-corrected chi connectivity index (χ4v) is 6.51. The minimum absolute atomic E-state index is 0.390. The lowest BCUT2D eigenvalue weighted by Crippen LogP contribution is -2.19. The van der Waals surface area contributed by atoms with Crippen molar-refractivity contribution in [2.24, 2.45) is 4.99 Å². The van der Waals surface area contributed by atoms with Gasteiger partial charge in [-0.25, -0.2) is 9.98 Å². The van der Waals surface area contributed by atoms with Crippen molar-refractivity contribution in [3.63, 3.8) is 0 Å². The molecule has 2 N–H and O–H groups in total. The summed E-state index contributed by atoms with van der Waals surface area (Å²) in [6.45, 7) is 0.855. The summed E-state index contributed by atoms with van der Waals surface area (Å²) in [6, 6.07) is 26.0. The van der Waals surface area contributed by atoms with Gasteiger partial charge in [0.2, 0.25) is 0 Å². The van der Waals surface area contributed by atoms with Gasteiger partial charge in [0.15, 0.2) is 10.3 Å². The summed E-state index contributed by atoms with van der Waals surface area (Å²) in [5.74, 6) is 0. The van der Waals surface area contributed by atoms with Crippen molar-refractivity contribution in [3.05, 3.63) is 89.5 Å². The third-order valence-corrected chi connectivity index (χ3v) is 8.02. The van der Waals surface area contributed by atoms with Crippen molar-refractivity contribution in [3.8, 4) is 0 Å². The van der Waals surface area contributed by atoms with E-state index in [4.69, 9.17) is 4.99 Å². The van der Waals surface area contributed by atoms with Crippen LogP contribution in [-0.4, -0.2) is 21.9 Å². The number of amidine groups is 1. The molecule has 0 bridgehead atoms. The average molecular weight is 443 g/mol. The van der Waals surface area contributed by atoms with E-state index in [0.717, 1.165) is 40.9 Å². The number of thiazole rings is 1. The Hall–Kier alpha value is -2.83. The summed E-state index contributed by atoms with van der Waals surface area (Å²) in [7, 11) is 0. The van der Waals surface area contributed by atoms with Crippen LogP contribution in [0.4, 0.5) is 10.8 Å². The third kappa shape index (κ3) is 3.82. The molecule has 1 aliphatic heterocycles. The second kappa shape index (κ2) is 8.02. The molecule has 1 aromatic heterocycles. The lowest BCUT2D eigenvalue weighted by atomic mass is 10.1. The summed E-state index contributed by atoms with van der Waals surface area (Å²) >= 11 is 3.58. The maximum atomic E-state index is 4.91. The Balaban J connectivity index is 1.10. The van der Waals surface area contributed by atoms with E-state index in [2.05, 4.69) is 82.3 Å². The first-order valence-electron chi connectivity index (χ1n) is 10.6. The van der Waals surface area contributed by atoms with Crippen molar-refractivity contribution < 1.29 is 0 Å². The molecule has 6 rings (SSSR count). The van der Waals surface area contributed by atoms with Crippen LogP contribution in [0.3, 0.4) is 0 Å². The lowest BCUT2D eigenvalue weighted by molar-refractivity contribution is 0.680. The molecule has 1 unspecified atom stereocenters. The van der Waals surface area contributed by atoms with Crippen molar-refractivity contribution in [2.45, 2.75) is 24.1 Å². The number of aliphatic imine (C=N–C) groups is 1. The highest BCUT2D eigenvalue weighted by Gasteiger charge is 2.39. The first-order chi connectivity index (χ1) is 15.3. The highest BCUT2D eigenvalue weighted by atomic mass is 32.2. The molecule has 2 atom stereocenters. The fourth-order valence-electron chi connectivity index (χ4n) is 4.37. The largest absolute Gasteiger partial charge is 0.361 e. The van der Waals surface area contributed by atoms with E-state index in [1.807, 2.05) is 17.8 Å². The lowest BCUT2D eigenvalue weighted by Gasteiger charge is -2.09. The topological polar surface area (TPSA) is 49.3 Å². The Kier molecular flexibility index (Phi) is 4.89. The number of hydrogen-bond donors (Lipinski definition) is 2. The molecule has 4 aromatic rings. The summed E-state index contributed by atoms with van der Waals surface area (Å²) in [6.07, 6.45) is 2.06. The SMILES string of the molecule is c1cc(CCNc2nc3ccccc3s2)cc(/N=C2\N[C@H]3c4ccccc4CC3S2)c1. The molecule has 0 amide bonds. The van der Waals surface area contributed by atoms with Gasteiger partial charge in [0.05, 0.1) is 21.9 Å². The monoisotopic (exact) mass is 442 g/mol. The van der Waals surface area contributed by atoms with Crippen LogP contribution < -0.4 is 10.6 Å². The molecular weight excluding hydrogens is 420 g/mol. The minimum Gasteiger partial charge on any atom is -0.361 e. The van der Waals surface area contributed by atoms with Crippen LogP contribution in [0.15, 0.2) is 77.8 Å². The molecular formula is C25H22N4S2. The van der Waals surface area contributed by atoms with Crippen LogP contribution in [0.2, 0.25) is 0 Å². The second-order valence-corrected chi connectivity index (χ2v) is 10.2. The van der Waals surface area contributed by atoms with E-state index >= 15 is 0 Å². The van der Waals surface area contributed by atoms with E-state index in [9.17, 15) is 0 Å². The van der Waals surface area contributed by atoms with Gasteiger partial charge in [-0.2, -0.15) is 0 Å². The Bertz CT molecular complexity index is 1250. The molecule has 1 aliphatic carbocycles. The Morgan fingerprint density at radius 1 is 1.03 bits per heavy atom. The number of nitrogens with one attached hydrogen (secondary N) is 2. The van der Waals surface area contributed by atoms with Crippen LogP contribution in [-0.2, 0) is 12.8 Å². The summed E-state index contributed by atoms with van der Waals surface area (Å²) in [4.78, 5) is 9.56. The van der Waals surface area contributed by atoms with Crippen LogP contribution in [0.5, 0.6) is 0 Å². The minimum atomic E-state index is 0.390. The fraction of sp³-hybridized carbons (Fsp3) is 0.200. The van der Waals surface area contributed by atoms with Crippen molar-refractivity contribution >= 4 is 49.3 Å². The zero-order valence-electron chi connectivity index (χ0n) is 16.9. The number of thioether (sulfide) groups is 1. The van der Waals surface area contributed by atoms with Gasteiger partial charge in [-0.3, -0.25) is 0 Å². The Morgan fingerprint density at radius 2 is 1.94 bits per heavy atom. The van der Waals surface area contributed by atoms with Gasteiger partial charge in [0, 0.05) is 11.8 Å². The Morgan fingerprint density at radius 3 is 2.90 bits per heavy atom. The molecule has 2 heterocycles. The molecule has 3 aromatic carbocycles. The molecule has 2 aliphatic rings. The normalized spacial score (nSPS) is 20.6. The van der Waals surface area contributed by atoms with Gasteiger partial charge < -0.3 is 10.6 Å². The molecule has 0 radical (unpaired) electrons. The second-order valence-electron chi connectivity index (χ2n) is 7.93. The molecule has 1 saturated heterocycles. The van der Waals surface area contributed by atoms with E-state index < -0.39 is 0 Å². The third-order valence-electron chi connectivity index (χ3n) is 5.85.